The zero-order valence-electron chi connectivity index (χ0n) is 14.7. The summed E-state index contributed by atoms with van der Waals surface area (Å²) in [6, 6.07) is 17.6. The number of benzene rings is 2. The fourth-order valence-electron chi connectivity index (χ4n) is 2.87. The van der Waals surface area contributed by atoms with Gasteiger partial charge >= 0.3 is 5.97 Å². The highest BCUT2D eigenvalue weighted by atomic mass is 16.5. The third kappa shape index (κ3) is 4.51. The van der Waals surface area contributed by atoms with Crippen LogP contribution >= 0.6 is 0 Å². The van der Waals surface area contributed by atoms with E-state index in [1.165, 1.54) is 5.56 Å². The van der Waals surface area contributed by atoms with Gasteiger partial charge in [-0.25, -0.2) is 4.79 Å². The van der Waals surface area contributed by atoms with Crippen LogP contribution in [-0.4, -0.2) is 29.5 Å². The number of carbonyl (C=O) groups excluding carboxylic acids is 2. The Morgan fingerprint density at radius 2 is 1.81 bits per heavy atom. The zero-order chi connectivity index (χ0) is 18.4. The summed E-state index contributed by atoms with van der Waals surface area (Å²) in [5.41, 5.74) is 2.53. The Kier molecular flexibility index (Phi) is 5.69. The van der Waals surface area contributed by atoms with E-state index in [2.05, 4.69) is 22.4 Å². The number of fused-ring (bicyclic) bond motifs is 1. The molecule has 1 atom stereocenters. The van der Waals surface area contributed by atoms with Crippen LogP contribution in [0.25, 0.3) is 10.9 Å². The van der Waals surface area contributed by atoms with Crippen LogP contribution in [0, 0.1) is 0 Å². The van der Waals surface area contributed by atoms with Crippen molar-refractivity contribution >= 4 is 22.8 Å². The molecule has 26 heavy (non-hydrogen) atoms. The molecule has 3 rings (SSSR count). The van der Waals surface area contributed by atoms with E-state index in [9.17, 15) is 9.59 Å². The van der Waals surface area contributed by atoms with Gasteiger partial charge < -0.3 is 15.0 Å². The standard InChI is InChI=1S/C21H22N2O3/c1-15(11-12-16-7-3-2-4-8-16)23-20(24)14-26-21(25)18-13-22-19-10-6-5-9-17(18)19/h2-10,13,15,22H,11-12,14H2,1H3,(H,23,24)/t15-/m0/s1. The summed E-state index contributed by atoms with van der Waals surface area (Å²) < 4.78 is 5.15. The molecular formula is C21H22N2O3. The Hall–Kier alpha value is -3.08. The van der Waals surface area contributed by atoms with E-state index in [4.69, 9.17) is 4.74 Å². The molecule has 1 aromatic heterocycles. The van der Waals surface area contributed by atoms with E-state index in [1.807, 2.05) is 49.4 Å². The van der Waals surface area contributed by atoms with E-state index in [0.717, 1.165) is 23.7 Å². The van der Waals surface area contributed by atoms with Crippen molar-refractivity contribution in [1.82, 2.24) is 10.3 Å². The van der Waals surface area contributed by atoms with Gasteiger partial charge in [-0.15, -0.1) is 0 Å². The molecule has 134 valence electrons. The number of rotatable bonds is 7. The third-order valence-electron chi connectivity index (χ3n) is 4.26. The van der Waals surface area contributed by atoms with Crippen LogP contribution in [-0.2, 0) is 16.0 Å². The first-order chi connectivity index (χ1) is 12.6. The lowest BCUT2D eigenvalue weighted by molar-refractivity contribution is -0.124. The van der Waals surface area contributed by atoms with Crippen LogP contribution in [0.2, 0.25) is 0 Å². The summed E-state index contributed by atoms with van der Waals surface area (Å²) in [6.07, 6.45) is 3.32. The predicted molar refractivity (Wildman–Crippen MR) is 101 cm³/mol. The van der Waals surface area contributed by atoms with Gasteiger partial charge in [0.15, 0.2) is 6.61 Å². The van der Waals surface area contributed by atoms with Gasteiger partial charge in [0.05, 0.1) is 5.56 Å². The number of esters is 1. The van der Waals surface area contributed by atoms with Crippen LogP contribution in [0.4, 0.5) is 0 Å². The maximum absolute atomic E-state index is 12.2. The van der Waals surface area contributed by atoms with Crippen molar-refractivity contribution in [3.8, 4) is 0 Å². The number of aryl methyl sites for hydroxylation is 1. The van der Waals surface area contributed by atoms with Crippen molar-refractivity contribution in [2.45, 2.75) is 25.8 Å². The van der Waals surface area contributed by atoms with Crippen LogP contribution in [0.15, 0.2) is 60.8 Å². The van der Waals surface area contributed by atoms with Crippen molar-refractivity contribution in [2.75, 3.05) is 6.61 Å². The number of ether oxygens (including phenoxy) is 1. The largest absolute Gasteiger partial charge is 0.452 e. The molecule has 0 aliphatic carbocycles. The van der Waals surface area contributed by atoms with Crippen molar-refractivity contribution in [3.05, 3.63) is 71.9 Å². The van der Waals surface area contributed by atoms with Gasteiger partial charge in [-0.05, 0) is 31.4 Å². The fraction of sp³-hybridized carbons (Fsp3) is 0.238. The number of para-hydroxylation sites is 1. The Balaban J connectivity index is 1.45. The molecule has 5 heteroatoms. The SMILES string of the molecule is C[C@@H](CCc1ccccc1)NC(=O)COC(=O)c1c[nH]c2ccccc12. The van der Waals surface area contributed by atoms with E-state index in [0.29, 0.717) is 5.56 Å². The minimum Gasteiger partial charge on any atom is -0.452 e. The van der Waals surface area contributed by atoms with Gasteiger partial charge in [0.1, 0.15) is 0 Å². The van der Waals surface area contributed by atoms with Crippen LogP contribution in [0.5, 0.6) is 0 Å². The highest BCUT2D eigenvalue weighted by molar-refractivity contribution is 6.04. The summed E-state index contributed by atoms with van der Waals surface area (Å²) in [4.78, 5) is 27.2. The molecule has 3 aromatic rings. The summed E-state index contributed by atoms with van der Waals surface area (Å²) in [5.74, 6) is -0.798. The molecular weight excluding hydrogens is 328 g/mol. The summed E-state index contributed by atoms with van der Waals surface area (Å²) in [6.45, 7) is 1.66. The second-order valence-corrected chi connectivity index (χ2v) is 6.32. The van der Waals surface area contributed by atoms with Gasteiger partial charge in [-0.1, -0.05) is 48.5 Å². The number of H-pyrrole nitrogens is 1. The molecule has 0 aliphatic rings. The molecule has 0 fully saturated rings. The number of amides is 1. The van der Waals surface area contributed by atoms with E-state index in [1.54, 1.807) is 6.20 Å². The quantitative estimate of drug-likeness (QED) is 0.641. The van der Waals surface area contributed by atoms with Gasteiger partial charge in [-0.2, -0.15) is 0 Å². The fourth-order valence-corrected chi connectivity index (χ4v) is 2.87. The zero-order valence-corrected chi connectivity index (χ0v) is 14.7. The van der Waals surface area contributed by atoms with Crippen molar-refractivity contribution in [1.29, 1.82) is 0 Å². The number of aromatic amines is 1. The predicted octanol–water partition coefficient (Wildman–Crippen LogP) is 3.46. The van der Waals surface area contributed by atoms with Crippen LogP contribution in [0.3, 0.4) is 0 Å². The maximum Gasteiger partial charge on any atom is 0.340 e. The molecule has 0 aliphatic heterocycles. The van der Waals surface area contributed by atoms with Crippen LogP contribution < -0.4 is 5.32 Å². The maximum atomic E-state index is 12.2. The smallest absolute Gasteiger partial charge is 0.340 e. The molecule has 1 heterocycles. The summed E-state index contributed by atoms with van der Waals surface area (Å²) in [7, 11) is 0. The lowest BCUT2D eigenvalue weighted by atomic mass is 10.1. The van der Waals surface area contributed by atoms with E-state index >= 15 is 0 Å². The molecule has 0 bridgehead atoms. The molecule has 0 spiro atoms. The van der Waals surface area contributed by atoms with E-state index in [-0.39, 0.29) is 18.6 Å². The summed E-state index contributed by atoms with van der Waals surface area (Å²) in [5, 5.41) is 3.65. The second kappa shape index (κ2) is 8.34. The average Bonchev–Trinajstić information content (AvgIpc) is 3.09. The monoisotopic (exact) mass is 350 g/mol. The summed E-state index contributed by atoms with van der Waals surface area (Å²) >= 11 is 0. The molecule has 1 amide bonds. The Morgan fingerprint density at radius 1 is 1.08 bits per heavy atom. The van der Waals surface area contributed by atoms with Crippen molar-refractivity contribution in [3.63, 3.8) is 0 Å². The number of nitrogens with one attached hydrogen (secondary N) is 2. The number of hydrogen-bond donors (Lipinski definition) is 2. The molecule has 0 saturated carbocycles. The first-order valence-corrected chi connectivity index (χ1v) is 8.70. The normalized spacial score (nSPS) is 11.9. The Labute approximate surface area is 152 Å². The minimum absolute atomic E-state index is 0.00879. The van der Waals surface area contributed by atoms with Crippen LogP contribution in [0.1, 0.15) is 29.3 Å². The highest BCUT2D eigenvalue weighted by Crippen LogP contribution is 2.18. The number of hydrogen-bond acceptors (Lipinski definition) is 3. The number of aromatic nitrogens is 1. The molecule has 2 aromatic carbocycles. The first kappa shape index (κ1) is 17.7. The topological polar surface area (TPSA) is 71.2 Å². The van der Waals surface area contributed by atoms with Crippen molar-refractivity contribution < 1.29 is 14.3 Å². The van der Waals surface area contributed by atoms with Gasteiger partial charge in [0.2, 0.25) is 0 Å². The average molecular weight is 350 g/mol. The van der Waals surface area contributed by atoms with Crippen molar-refractivity contribution in [2.24, 2.45) is 0 Å². The molecule has 0 unspecified atom stereocenters. The first-order valence-electron chi connectivity index (χ1n) is 8.70. The van der Waals surface area contributed by atoms with Gasteiger partial charge in [0.25, 0.3) is 5.91 Å². The van der Waals surface area contributed by atoms with Gasteiger partial charge in [-0.3, -0.25) is 4.79 Å². The third-order valence-corrected chi connectivity index (χ3v) is 4.26. The highest BCUT2D eigenvalue weighted by Gasteiger charge is 2.15. The molecule has 5 nitrogen and oxygen atoms in total. The Morgan fingerprint density at radius 3 is 2.62 bits per heavy atom. The lowest BCUT2D eigenvalue weighted by Crippen LogP contribution is -2.36. The van der Waals surface area contributed by atoms with Gasteiger partial charge in [0, 0.05) is 23.1 Å². The van der Waals surface area contributed by atoms with E-state index < -0.39 is 5.97 Å². The molecule has 0 saturated heterocycles. The molecule has 2 N–H and O–H groups in total. The minimum atomic E-state index is -0.505. The number of carbonyl (C=O) groups is 2. The molecule has 0 radical (unpaired) electrons. The lowest BCUT2D eigenvalue weighted by Gasteiger charge is -2.14. The Bertz CT molecular complexity index is 886. The second-order valence-electron chi connectivity index (χ2n) is 6.32.